The maximum atomic E-state index is 10.3. The van der Waals surface area contributed by atoms with E-state index < -0.39 is 5.97 Å². The van der Waals surface area contributed by atoms with Gasteiger partial charge in [0.15, 0.2) is 5.76 Å². The van der Waals surface area contributed by atoms with Crippen LogP contribution in [0.25, 0.3) is 0 Å². The van der Waals surface area contributed by atoms with Gasteiger partial charge in [0, 0.05) is 6.08 Å². The monoisotopic (exact) mass is 362 g/mol. The SMILES string of the molecule is CCCCCCCCCCCC=C(C=CC=CC=CC=CC(=O)O)OO. The highest BCUT2D eigenvalue weighted by Gasteiger charge is 1.93. The molecule has 0 saturated heterocycles. The van der Waals surface area contributed by atoms with Crippen molar-refractivity contribution in [1.82, 2.24) is 0 Å². The fourth-order valence-electron chi connectivity index (χ4n) is 2.38. The van der Waals surface area contributed by atoms with Crippen LogP contribution in [-0.4, -0.2) is 16.3 Å². The van der Waals surface area contributed by atoms with Gasteiger partial charge in [-0.05, 0) is 25.0 Å². The third kappa shape index (κ3) is 18.3. The predicted octanol–water partition coefficient (Wildman–Crippen LogP) is 6.59. The number of carboxylic acid groups (broad SMARTS) is 1. The van der Waals surface area contributed by atoms with Crippen LogP contribution in [-0.2, 0) is 9.68 Å². The molecule has 0 heterocycles. The lowest BCUT2D eigenvalue weighted by atomic mass is 10.1. The van der Waals surface area contributed by atoms with E-state index in [9.17, 15) is 4.79 Å². The van der Waals surface area contributed by atoms with Crippen molar-refractivity contribution >= 4 is 5.97 Å². The molecule has 0 bridgehead atoms. The first-order chi connectivity index (χ1) is 12.7. The first kappa shape index (κ1) is 23.9. The number of carboxylic acids is 1. The van der Waals surface area contributed by atoms with E-state index >= 15 is 0 Å². The molecule has 146 valence electrons. The van der Waals surface area contributed by atoms with Crippen molar-refractivity contribution in [3.8, 4) is 0 Å². The summed E-state index contributed by atoms with van der Waals surface area (Å²) >= 11 is 0. The minimum absolute atomic E-state index is 0.434. The molecule has 0 aliphatic carbocycles. The lowest BCUT2D eigenvalue weighted by Crippen LogP contribution is -1.84. The Morgan fingerprint density at radius 1 is 0.769 bits per heavy atom. The Bertz CT molecular complexity index is 484. The summed E-state index contributed by atoms with van der Waals surface area (Å²) in [6.45, 7) is 2.24. The third-order valence-corrected chi connectivity index (χ3v) is 3.81. The maximum absolute atomic E-state index is 10.3. The van der Waals surface area contributed by atoms with Gasteiger partial charge in [0.05, 0.1) is 0 Å². The minimum atomic E-state index is -0.972. The number of allylic oxidation sites excluding steroid dienone is 8. The Morgan fingerprint density at radius 2 is 1.27 bits per heavy atom. The van der Waals surface area contributed by atoms with Gasteiger partial charge < -0.3 is 9.99 Å². The number of rotatable bonds is 16. The van der Waals surface area contributed by atoms with E-state index in [1.165, 1.54) is 57.4 Å². The van der Waals surface area contributed by atoms with Crippen LogP contribution in [0.5, 0.6) is 0 Å². The van der Waals surface area contributed by atoms with Crippen molar-refractivity contribution in [2.75, 3.05) is 0 Å². The van der Waals surface area contributed by atoms with E-state index in [0.717, 1.165) is 18.9 Å². The Kier molecular flexibility index (Phi) is 17.7. The van der Waals surface area contributed by atoms with Crippen molar-refractivity contribution in [3.05, 3.63) is 60.4 Å². The van der Waals surface area contributed by atoms with Gasteiger partial charge >= 0.3 is 5.97 Å². The molecular formula is C22H34O4. The molecule has 0 amide bonds. The maximum Gasteiger partial charge on any atom is 0.328 e. The molecule has 0 aromatic rings. The van der Waals surface area contributed by atoms with Crippen molar-refractivity contribution in [2.24, 2.45) is 0 Å². The zero-order valence-corrected chi connectivity index (χ0v) is 16.0. The van der Waals surface area contributed by atoms with Gasteiger partial charge in [-0.2, -0.15) is 0 Å². The summed E-state index contributed by atoms with van der Waals surface area (Å²) < 4.78 is 0. The second kappa shape index (κ2) is 19.3. The lowest BCUT2D eigenvalue weighted by Gasteiger charge is -2.01. The van der Waals surface area contributed by atoms with Crippen LogP contribution >= 0.6 is 0 Å². The van der Waals surface area contributed by atoms with Crippen LogP contribution in [0, 0.1) is 0 Å². The van der Waals surface area contributed by atoms with Gasteiger partial charge in [-0.1, -0.05) is 94.7 Å². The molecule has 0 aromatic carbocycles. The van der Waals surface area contributed by atoms with Crippen molar-refractivity contribution in [3.63, 3.8) is 0 Å². The minimum Gasteiger partial charge on any atom is -0.478 e. The van der Waals surface area contributed by atoms with Crippen LogP contribution in [0.3, 0.4) is 0 Å². The Hall–Kier alpha value is -2.07. The van der Waals surface area contributed by atoms with Gasteiger partial charge in [-0.15, -0.1) is 0 Å². The van der Waals surface area contributed by atoms with E-state index in [1.54, 1.807) is 36.5 Å². The second-order valence-electron chi connectivity index (χ2n) is 6.14. The normalized spacial score (nSPS) is 12.9. The summed E-state index contributed by atoms with van der Waals surface area (Å²) in [4.78, 5) is 14.6. The molecule has 26 heavy (non-hydrogen) atoms. The topological polar surface area (TPSA) is 66.8 Å². The third-order valence-electron chi connectivity index (χ3n) is 3.81. The van der Waals surface area contributed by atoms with Gasteiger partial charge in [-0.3, -0.25) is 0 Å². The van der Waals surface area contributed by atoms with Crippen LogP contribution in [0.2, 0.25) is 0 Å². The molecule has 0 aliphatic rings. The number of hydrogen-bond acceptors (Lipinski definition) is 3. The molecule has 0 fully saturated rings. The molecule has 0 rings (SSSR count). The van der Waals surface area contributed by atoms with Gasteiger partial charge in [0.1, 0.15) is 0 Å². The summed E-state index contributed by atoms with van der Waals surface area (Å²) in [5, 5.41) is 17.3. The summed E-state index contributed by atoms with van der Waals surface area (Å²) in [5.74, 6) is -0.538. The first-order valence-electron chi connectivity index (χ1n) is 9.63. The zero-order chi connectivity index (χ0) is 19.3. The Morgan fingerprint density at radius 3 is 1.81 bits per heavy atom. The van der Waals surface area contributed by atoms with Gasteiger partial charge in [-0.25, -0.2) is 10.1 Å². The number of carbonyl (C=O) groups is 1. The highest BCUT2D eigenvalue weighted by molar-refractivity contribution is 5.80. The molecule has 0 unspecified atom stereocenters. The van der Waals surface area contributed by atoms with Crippen LogP contribution < -0.4 is 0 Å². The fourth-order valence-corrected chi connectivity index (χ4v) is 2.38. The molecule has 0 spiro atoms. The molecule has 0 saturated carbocycles. The van der Waals surface area contributed by atoms with Gasteiger partial charge in [0.25, 0.3) is 0 Å². The highest BCUT2D eigenvalue weighted by atomic mass is 17.1. The van der Waals surface area contributed by atoms with E-state index in [2.05, 4.69) is 11.8 Å². The average molecular weight is 363 g/mol. The summed E-state index contributed by atoms with van der Waals surface area (Å²) in [6, 6.07) is 0. The van der Waals surface area contributed by atoms with E-state index in [0.29, 0.717) is 5.76 Å². The van der Waals surface area contributed by atoms with Gasteiger partial charge in [0.2, 0.25) is 0 Å². The predicted molar refractivity (Wildman–Crippen MR) is 108 cm³/mol. The number of hydrogen-bond donors (Lipinski definition) is 2. The summed E-state index contributed by atoms with van der Waals surface area (Å²) in [7, 11) is 0. The first-order valence-corrected chi connectivity index (χ1v) is 9.63. The van der Waals surface area contributed by atoms with E-state index in [1.807, 2.05) is 6.08 Å². The second-order valence-corrected chi connectivity index (χ2v) is 6.14. The van der Waals surface area contributed by atoms with Crippen LogP contribution in [0.4, 0.5) is 0 Å². The largest absolute Gasteiger partial charge is 0.478 e. The molecule has 0 aromatic heterocycles. The van der Waals surface area contributed by atoms with Crippen molar-refractivity contribution < 1.29 is 20.0 Å². The molecule has 0 aliphatic heterocycles. The summed E-state index contributed by atoms with van der Waals surface area (Å²) in [5.41, 5.74) is 0. The van der Waals surface area contributed by atoms with Crippen LogP contribution in [0.1, 0.15) is 71.1 Å². The quantitative estimate of drug-likeness (QED) is 0.0811. The molecule has 4 nitrogen and oxygen atoms in total. The Labute approximate surface area is 158 Å². The molecule has 0 atom stereocenters. The van der Waals surface area contributed by atoms with Crippen molar-refractivity contribution in [1.29, 1.82) is 0 Å². The number of aliphatic carboxylic acids is 1. The molecular weight excluding hydrogens is 328 g/mol. The average Bonchev–Trinajstić information content (AvgIpc) is 2.63. The molecule has 4 heteroatoms. The summed E-state index contributed by atoms with van der Waals surface area (Å²) in [6.07, 6.45) is 27.2. The van der Waals surface area contributed by atoms with E-state index in [-0.39, 0.29) is 0 Å². The standard InChI is InChI=1S/C22H34O4/c1-2-3-4-5-6-7-8-9-12-15-18-21(26-25)19-16-13-10-11-14-17-20-22(23)24/h10-11,13-14,16-20,25H,2-9,12,15H2,1H3,(H,23,24). The number of unbranched alkanes of at least 4 members (excludes halogenated alkanes) is 9. The highest BCUT2D eigenvalue weighted by Crippen LogP contribution is 2.11. The van der Waals surface area contributed by atoms with Crippen LogP contribution in [0.15, 0.2) is 60.4 Å². The molecule has 0 radical (unpaired) electrons. The van der Waals surface area contributed by atoms with Crippen molar-refractivity contribution in [2.45, 2.75) is 71.1 Å². The molecule has 2 N–H and O–H groups in total. The fraction of sp³-hybridized carbons (Fsp3) is 0.500. The zero-order valence-electron chi connectivity index (χ0n) is 16.0. The Balaban J connectivity index is 3.83. The smallest absolute Gasteiger partial charge is 0.328 e. The lowest BCUT2D eigenvalue weighted by molar-refractivity contribution is -0.198. The van der Waals surface area contributed by atoms with E-state index in [4.69, 9.17) is 10.4 Å².